The van der Waals surface area contributed by atoms with Crippen LogP contribution in [0.3, 0.4) is 0 Å². The molecule has 2 aromatic heterocycles. The van der Waals surface area contributed by atoms with Gasteiger partial charge in [0.1, 0.15) is 0 Å². The smallest absolute Gasteiger partial charge is 0.260 e. The van der Waals surface area contributed by atoms with Gasteiger partial charge in [-0.3, -0.25) is 9.97 Å². The third kappa shape index (κ3) is 3.94. The first-order valence-electron chi connectivity index (χ1n) is 7.87. The third-order valence-electron chi connectivity index (χ3n) is 3.44. The molecule has 0 amide bonds. The number of pyridine rings is 2. The van der Waals surface area contributed by atoms with E-state index in [1.165, 1.54) is 0 Å². The van der Waals surface area contributed by atoms with Crippen molar-refractivity contribution in [2.75, 3.05) is 5.06 Å². The Labute approximate surface area is 142 Å². The molecule has 2 rings (SSSR count). The maximum atomic E-state index is 12.4. The average Bonchev–Trinajstić information content (AvgIpc) is 2.52. The molecule has 0 atom stereocenters. The maximum Gasteiger partial charge on any atom is 0.260 e. The lowest BCUT2D eigenvalue weighted by Gasteiger charge is -2.43. The van der Waals surface area contributed by atoms with Gasteiger partial charge in [-0.05, 0) is 32.9 Å². The Morgan fingerprint density at radius 1 is 0.958 bits per heavy atom. The zero-order chi connectivity index (χ0) is 18.1. The average molecular weight is 328 g/mol. The molecule has 0 saturated carbocycles. The van der Waals surface area contributed by atoms with Gasteiger partial charge >= 0.3 is 0 Å². The van der Waals surface area contributed by atoms with Crippen molar-refractivity contribution >= 4 is 11.4 Å². The Balaban J connectivity index is 2.42. The Morgan fingerprint density at radius 3 is 2.04 bits per heavy atom. The molecule has 0 radical (unpaired) electrons. The van der Waals surface area contributed by atoms with E-state index in [4.69, 9.17) is 0 Å². The molecule has 24 heavy (non-hydrogen) atoms. The number of anilines is 1. The third-order valence-corrected chi connectivity index (χ3v) is 3.44. The summed E-state index contributed by atoms with van der Waals surface area (Å²) >= 11 is 0. The van der Waals surface area contributed by atoms with E-state index in [0.717, 1.165) is 9.82 Å². The van der Waals surface area contributed by atoms with Crippen LogP contribution in [0.5, 0.6) is 0 Å². The molecule has 0 bridgehead atoms. The monoisotopic (exact) mass is 328 g/mol. The van der Waals surface area contributed by atoms with Gasteiger partial charge in [0.05, 0.1) is 11.4 Å². The predicted molar refractivity (Wildman–Crippen MR) is 96.1 cm³/mol. The number of nitroso groups, excluding NO2 is 1. The summed E-state index contributed by atoms with van der Waals surface area (Å²) in [5, 5.41) is 13.3. The molecule has 128 valence electrons. The van der Waals surface area contributed by atoms with Crippen molar-refractivity contribution in [2.45, 2.75) is 52.6 Å². The lowest BCUT2D eigenvalue weighted by atomic mass is 10.1. The van der Waals surface area contributed by atoms with Crippen LogP contribution in [0.4, 0.5) is 11.4 Å². The van der Waals surface area contributed by atoms with Crippen LogP contribution >= 0.6 is 0 Å². The lowest BCUT2D eigenvalue weighted by molar-refractivity contribution is -0.540. The maximum absolute atomic E-state index is 12.4. The Hall–Kier alpha value is -2.34. The Bertz CT molecular complexity index is 745. The fourth-order valence-corrected chi connectivity index (χ4v) is 2.15. The van der Waals surface area contributed by atoms with Gasteiger partial charge in [0.25, 0.3) is 5.69 Å². The van der Waals surface area contributed by atoms with E-state index in [1.54, 1.807) is 36.7 Å². The molecule has 2 heterocycles. The molecular weight excluding hydrogens is 304 g/mol. The molecule has 0 aliphatic carbocycles. The molecule has 0 aromatic carbocycles. The highest BCUT2D eigenvalue weighted by Crippen LogP contribution is 2.28. The molecular formula is C18H24N4O2. The lowest BCUT2D eigenvalue weighted by Crippen LogP contribution is -2.36. The van der Waals surface area contributed by atoms with Crippen molar-refractivity contribution in [1.29, 1.82) is 0 Å². The number of hydroxylamine groups is 1. The van der Waals surface area contributed by atoms with E-state index in [2.05, 4.69) is 9.97 Å². The van der Waals surface area contributed by atoms with Crippen molar-refractivity contribution in [3.8, 4) is 11.4 Å². The van der Waals surface area contributed by atoms with E-state index in [9.17, 15) is 10.1 Å². The number of aromatic nitrogens is 2. The fourth-order valence-electron chi connectivity index (χ4n) is 2.15. The second kappa shape index (κ2) is 6.28. The molecule has 6 nitrogen and oxygen atoms in total. The highest BCUT2D eigenvalue weighted by molar-refractivity contribution is 5.64. The van der Waals surface area contributed by atoms with Crippen molar-refractivity contribution in [1.82, 2.24) is 9.97 Å². The second-order valence-electron chi connectivity index (χ2n) is 7.73. The molecule has 0 aliphatic heterocycles. The molecule has 0 spiro atoms. The first kappa shape index (κ1) is 18.0. The second-order valence-corrected chi connectivity index (χ2v) is 7.73. The van der Waals surface area contributed by atoms with Crippen molar-refractivity contribution < 1.29 is 4.76 Å². The summed E-state index contributed by atoms with van der Waals surface area (Å²) in [6, 6.07) is 6.72. The van der Waals surface area contributed by atoms with Gasteiger partial charge in [-0.15, -0.1) is 0 Å². The van der Waals surface area contributed by atoms with Crippen LogP contribution < -0.4 is 5.06 Å². The van der Waals surface area contributed by atoms with Gasteiger partial charge in [-0.25, -0.2) is 0 Å². The number of hydrogen-bond acceptors (Lipinski definition) is 5. The highest BCUT2D eigenvalue weighted by Gasteiger charge is 2.31. The first-order valence-corrected chi connectivity index (χ1v) is 7.87. The summed E-state index contributed by atoms with van der Waals surface area (Å²) in [4.78, 5) is 20.9. The Morgan fingerprint density at radius 2 is 1.50 bits per heavy atom. The van der Waals surface area contributed by atoms with Crippen molar-refractivity contribution in [3.05, 3.63) is 46.8 Å². The summed E-state index contributed by atoms with van der Waals surface area (Å²) in [7, 11) is 0. The van der Waals surface area contributed by atoms with Gasteiger partial charge in [0, 0.05) is 66.2 Å². The first-order chi connectivity index (χ1) is 11.0. The van der Waals surface area contributed by atoms with Gasteiger partial charge in [0.2, 0.25) is 5.54 Å². The molecule has 0 N–H and O–H groups in total. The minimum atomic E-state index is -0.550. The molecule has 2 aromatic rings. The zero-order valence-electron chi connectivity index (χ0n) is 15.1. The fraction of sp³-hybridized carbons (Fsp3) is 0.444. The van der Waals surface area contributed by atoms with Crippen LogP contribution in [0.15, 0.2) is 36.7 Å². The molecule has 6 heteroatoms. The minimum Gasteiger partial charge on any atom is -0.758 e. The van der Waals surface area contributed by atoms with Crippen LogP contribution in [0.1, 0.15) is 41.5 Å². The van der Waals surface area contributed by atoms with Crippen LogP contribution in [0.25, 0.3) is 11.4 Å². The quantitative estimate of drug-likeness (QED) is 0.614. The summed E-state index contributed by atoms with van der Waals surface area (Å²) in [5.41, 5.74) is 1.03. The largest absolute Gasteiger partial charge is 0.758 e. The summed E-state index contributed by atoms with van der Waals surface area (Å²) < 4.78 is 0.942. The highest BCUT2D eigenvalue weighted by atomic mass is 16.5. The molecule has 0 saturated heterocycles. The van der Waals surface area contributed by atoms with Crippen molar-refractivity contribution in [3.63, 3.8) is 0 Å². The van der Waals surface area contributed by atoms with E-state index < -0.39 is 11.1 Å². The van der Waals surface area contributed by atoms with Crippen LogP contribution in [0.2, 0.25) is 0 Å². The summed E-state index contributed by atoms with van der Waals surface area (Å²) in [6.07, 6.45) is 3.16. The van der Waals surface area contributed by atoms with Gasteiger partial charge in [-0.1, -0.05) is 0 Å². The van der Waals surface area contributed by atoms with E-state index >= 15 is 0 Å². The molecule has 0 unspecified atom stereocenters. The van der Waals surface area contributed by atoms with Crippen LogP contribution in [-0.2, 0) is 0 Å². The number of nitrogens with zero attached hydrogens (tertiary/aromatic N) is 4. The van der Waals surface area contributed by atoms with Gasteiger partial charge in [-0.2, -0.15) is 0 Å². The van der Waals surface area contributed by atoms with Gasteiger partial charge in [0.15, 0.2) is 0 Å². The van der Waals surface area contributed by atoms with E-state index in [0.29, 0.717) is 22.8 Å². The Kier molecular flexibility index (Phi) is 4.71. The number of hydrogen-bond donors (Lipinski definition) is 0. The molecule has 0 aliphatic rings. The summed E-state index contributed by atoms with van der Waals surface area (Å²) in [5.74, 6) is 0. The van der Waals surface area contributed by atoms with E-state index in [-0.39, 0.29) is 0 Å². The predicted octanol–water partition coefficient (Wildman–Crippen LogP) is 4.46. The summed E-state index contributed by atoms with van der Waals surface area (Å²) in [6.45, 7) is 11.1. The topological polar surface area (TPSA) is 72.2 Å². The molecule has 0 fully saturated rings. The SMILES string of the molecule is CC(C)(C)N([O-])c1ccnc(-c2cc([N+](=O)C(C)(C)C)ccn2)c1. The standard InChI is InChI=1S/C18H24N4O2/c1-17(2,3)21(23)13-7-9-19-15(11-13)16-12-14(8-10-20-16)22(24)18(4,5)6/h7-12H,1-6H3. The minimum absolute atomic E-state index is 0.509. The van der Waals surface area contributed by atoms with E-state index in [1.807, 2.05) is 41.5 Å². The van der Waals surface area contributed by atoms with Crippen molar-refractivity contribution in [2.24, 2.45) is 0 Å². The van der Waals surface area contributed by atoms with Gasteiger partial charge < -0.3 is 10.3 Å². The number of rotatable bonds is 3. The van der Waals surface area contributed by atoms with Crippen LogP contribution in [-0.4, -0.2) is 25.8 Å². The zero-order valence-corrected chi connectivity index (χ0v) is 15.1. The van der Waals surface area contributed by atoms with Crippen LogP contribution in [0, 0.1) is 10.1 Å². The normalized spacial score (nSPS) is 12.1.